The molecular formula is C9H10ClN2O4PS. The summed E-state index contributed by atoms with van der Waals surface area (Å²) in [6.07, 6.45) is -0.723. The standard InChI is InChI=1S/C9H10ClN2O4PS/c1-4-5(10)2-6(16-3-17(13,14)15)7-8(4)18-9(11)12-7/h2H,3H2,1H3,(H2,11,12)(H2,13,14,15). The summed E-state index contributed by atoms with van der Waals surface area (Å²) in [7, 11) is -4.25. The van der Waals surface area contributed by atoms with Gasteiger partial charge in [-0.3, -0.25) is 4.57 Å². The molecule has 1 heterocycles. The number of thiazole rings is 1. The average Bonchev–Trinajstić information content (AvgIpc) is 2.62. The number of nitrogen functional groups attached to an aromatic ring is 1. The topological polar surface area (TPSA) is 106 Å². The normalized spacial score (nSPS) is 12.0. The molecular weight excluding hydrogens is 299 g/mol. The van der Waals surface area contributed by atoms with Crippen LogP contribution in [0.15, 0.2) is 6.07 Å². The molecule has 0 radical (unpaired) electrons. The number of aryl methyl sites for hydroxylation is 1. The molecule has 0 saturated heterocycles. The van der Waals surface area contributed by atoms with Crippen LogP contribution in [0.5, 0.6) is 5.75 Å². The Morgan fingerprint density at radius 1 is 1.61 bits per heavy atom. The maximum absolute atomic E-state index is 10.8. The van der Waals surface area contributed by atoms with Crippen LogP contribution >= 0.6 is 30.5 Å². The average molecular weight is 309 g/mol. The van der Waals surface area contributed by atoms with Gasteiger partial charge in [-0.15, -0.1) is 0 Å². The molecule has 1 aromatic heterocycles. The summed E-state index contributed by atoms with van der Waals surface area (Å²) in [6, 6.07) is 1.48. The minimum atomic E-state index is -4.25. The molecule has 0 aliphatic heterocycles. The number of halogens is 1. The van der Waals surface area contributed by atoms with Gasteiger partial charge >= 0.3 is 7.60 Å². The van der Waals surface area contributed by atoms with E-state index in [4.69, 9.17) is 31.9 Å². The summed E-state index contributed by atoms with van der Waals surface area (Å²) in [5.74, 6) is 0.219. The molecule has 1 aromatic carbocycles. The van der Waals surface area contributed by atoms with Crippen molar-refractivity contribution in [3.63, 3.8) is 0 Å². The Bertz CT molecular complexity index is 654. The molecule has 0 aliphatic carbocycles. The zero-order valence-corrected chi connectivity index (χ0v) is 11.7. The lowest BCUT2D eigenvalue weighted by molar-refractivity contribution is 0.302. The Morgan fingerprint density at radius 3 is 2.89 bits per heavy atom. The maximum Gasteiger partial charge on any atom is 0.362 e. The summed E-state index contributed by atoms with van der Waals surface area (Å²) < 4.78 is 16.6. The van der Waals surface area contributed by atoms with Crippen molar-refractivity contribution in [3.8, 4) is 5.75 Å². The van der Waals surface area contributed by atoms with Crippen molar-refractivity contribution < 1.29 is 19.1 Å². The number of aromatic nitrogens is 1. The van der Waals surface area contributed by atoms with E-state index in [9.17, 15) is 4.57 Å². The monoisotopic (exact) mass is 308 g/mol. The van der Waals surface area contributed by atoms with Gasteiger partial charge in [0.1, 0.15) is 11.3 Å². The van der Waals surface area contributed by atoms with E-state index in [0.29, 0.717) is 15.7 Å². The van der Waals surface area contributed by atoms with Gasteiger partial charge in [0.15, 0.2) is 11.5 Å². The molecule has 6 nitrogen and oxygen atoms in total. The predicted octanol–water partition coefficient (Wildman–Crippen LogP) is 2.35. The molecule has 0 aliphatic rings. The van der Waals surface area contributed by atoms with Crippen LogP contribution < -0.4 is 10.5 Å². The van der Waals surface area contributed by atoms with Gasteiger partial charge in [0.25, 0.3) is 0 Å². The van der Waals surface area contributed by atoms with Crippen LogP contribution in [-0.4, -0.2) is 21.1 Å². The van der Waals surface area contributed by atoms with Crippen LogP contribution in [0.25, 0.3) is 10.2 Å². The maximum atomic E-state index is 10.8. The Kier molecular flexibility index (Phi) is 3.53. The first-order chi connectivity index (χ1) is 8.28. The number of nitrogens with zero attached hydrogens (tertiary/aromatic N) is 1. The molecule has 0 bridgehead atoms. The van der Waals surface area contributed by atoms with Gasteiger partial charge < -0.3 is 20.3 Å². The van der Waals surface area contributed by atoms with Gasteiger partial charge in [-0.05, 0) is 12.5 Å². The van der Waals surface area contributed by atoms with Crippen molar-refractivity contribution in [2.45, 2.75) is 6.92 Å². The van der Waals surface area contributed by atoms with Gasteiger partial charge in [0.2, 0.25) is 0 Å². The second-order valence-corrected chi connectivity index (χ2v) is 6.67. The first kappa shape index (κ1) is 13.6. The molecule has 0 spiro atoms. The van der Waals surface area contributed by atoms with Crippen LogP contribution in [0.2, 0.25) is 5.02 Å². The number of fused-ring (bicyclic) bond motifs is 1. The highest BCUT2D eigenvalue weighted by Gasteiger charge is 2.18. The third-order valence-electron chi connectivity index (χ3n) is 2.22. The molecule has 0 atom stereocenters. The van der Waals surface area contributed by atoms with E-state index < -0.39 is 13.9 Å². The third-order valence-corrected chi connectivity index (χ3v) is 4.08. The van der Waals surface area contributed by atoms with Gasteiger partial charge in [0, 0.05) is 11.1 Å². The molecule has 4 N–H and O–H groups in total. The van der Waals surface area contributed by atoms with Crippen molar-refractivity contribution in [2.75, 3.05) is 12.1 Å². The van der Waals surface area contributed by atoms with E-state index in [-0.39, 0.29) is 5.75 Å². The number of anilines is 1. The molecule has 0 fully saturated rings. The zero-order valence-electron chi connectivity index (χ0n) is 9.25. The zero-order chi connectivity index (χ0) is 13.5. The van der Waals surface area contributed by atoms with Crippen molar-refractivity contribution in [1.29, 1.82) is 0 Å². The summed E-state index contributed by atoms with van der Waals surface area (Å²) in [4.78, 5) is 21.7. The number of hydrogen-bond acceptors (Lipinski definition) is 5. The van der Waals surface area contributed by atoms with Crippen LogP contribution in [0.1, 0.15) is 5.56 Å². The molecule has 2 aromatic rings. The lowest BCUT2D eigenvalue weighted by Crippen LogP contribution is -1.99. The fraction of sp³-hybridized carbons (Fsp3) is 0.222. The number of nitrogens with two attached hydrogens (primary N) is 1. The van der Waals surface area contributed by atoms with E-state index in [2.05, 4.69) is 4.98 Å². The van der Waals surface area contributed by atoms with E-state index in [1.807, 2.05) is 6.92 Å². The first-order valence-corrected chi connectivity index (χ1v) is 7.79. The van der Waals surface area contributed by atoms with Crippen molar-refractivity contribution >= 4 is 45.9 Å². The fourth-order valence-corrected chi connectivity index (χ4v) is 2.83. The van der Waals surface area contributed by atoms with Gasteiger partial charge in [-0.25, -0.2) is 4.98 Å². The predicted molar refractivity (Wildman–Crippen MR) is 71.3 cm³/mol. The number of rotatable bonds is 3. The number of ether oxygens (including phenoxy) is 1. The Labute approximate surface area is 112 Å². The van der Waals surface area contributed by atoms with Crippen molar-refractivity contribution in [3.05, 3.63) is 16.7 Å². The second-order valence-electron chi connectivity index (χ2n) is 3.65. The highest BCUT2D eigenvalue weighted by molar-refractivity contribution is 7.51. The van der Waals surface area contributed by atoms with Crippen LogP contribution in [0.4, 0.5) is 5.13 Å². The van der Waals surface area contributed by atoms with E-state index in [1.165, 1.54) is 17.4 Å². The number of hydrogen-bond donors (Lipinski definition) is 3. The smallest absolute Gasteiger partial charge is 0.362 e. The largest absolute Gasteiger partial charge is 0.479 e. The summed E-state index contributed by atoms with van der Waals surface area (Å²) in [5, 5.41) is 0.781. The van der Waals surface area contributed by atoms with Gasteiger partial charge in [-0.1, -0.05) is 22.9 Å². The van der Waals surface area contributed by atoms with Crippen LogP contribution in [0, 0.1) is 6.92 Å². The summed E-state index contributed by atoms with van der Waals surface area (Å²) in [5.41, 5.74) is 6.89. The minimum Gasteiger partial charge on any atom is -0.479 e. The molecule has 98 valence electrons. The second kappa shape index (κ2) is 4.68. The molecule has 2 rings (SSSR count). The summed E-state index contributed by atoms with van der Waals surface area (Å²) >= 11 is 7.26. The van der Waals surface area contributed by atoms with Gasteiger partial charge in [-0.2, -0.15) is 0 Å². The van der Waals surface area contributed by atoms with Crippen LogP contribution in [0.3, 0.4) is 0 Å². The summed E-state index contributed by atoms with van der Waals surface area (Å²) in [6.45, 7) is 1.81. The Balaban J connectivity index is 2.50. The molecule has 0 saturated carbocycles. The quantitative estimate of drug-likeness (QED) is 0.752. The first-order valence-electron chi connectivity index (χ1n) is 4.80. The van der Waals surface area contributed by atoms with E-state index >= 15 is 0 Å². The lowest BCUT2D eigenvalue weighted by Gasteiger charge is -2.09. The molecule has 18 heavy (non-hydrogen) atoms. The highest BCUT2D eigenvalue weighted by Crippen LogP contribution is 2.40. The third kappa shape index (κ3) is 2.76. The Hall–Kier alpha value is -0.850. The van der Waals surface area contributed by atoms with Crippen molar-refractivity contribution in [2.24, 2.45) is 0 Å². The van der Waals surface area contributed by atoms with Crippen LogP contribution in [-0.2, 0) is 4.57 Å². The Morgan fingerprint density at radius 2 is 2.28 bits per heavy atom. The lowest BCUT2D eigenvalue weighted by atomic mass is 10.2. The highest BCUT2D eigenvalue weighted by atomic mass is 35.5. The van der Waals surface area contributed by atoms with Crippen molar-refractivity contribution in [1.82, 2.24) is 4.98 Å². The minimum absolute atomic E-state index is 0.219. The SMILES string of the molecule is Cc1c(Cl)cc(OCP(=O)(O)O)c2nc(N)sc12. The van der Waals surface area contributed by atoms with Gasteiger partial charge in [0.05, 0.1) is 4.70 Å². The molecule has 0 amide bonds. The van der Waals surface area contributed by atoms with E-state index in [0.717, 1.165) is 10.3 Å². The van der Waals surface area contributed by atoms with E-state index in [1.54, 1.807) is 0 Å². The molecule has 0 unspecified atom stereocenters. The fourth-order valence-electron chi connectivity index (χ4n) is 1.42. The number of benzene rings is 1. The molecule has 9 heteroatoms.